The number of hydrogen-bond donors (Lipinski definition) is 2. The van der Waals surface area contributed by atoms with Crippen molar-refractivity contribution in [2.24, 2.45) is 10.7 Å². The number of nitrogens with zero attached hydrogens (tertiary/aromatic N) is 2. The van der Waals surface area contributed by atoms with Crippen LogP contribution in [0.4, 0.5) is 23.2 Å². The zero-order valence-electron chi connectivity index (χ0n) is 16.7. The summed E-state index contributed by atoms with van der Waals surface area (Å²) < 4.78 is 79.3. The van der Waals surface area contributed by atoms with Gasteiger partial charge in [0.2, 0.25) is 0 Å². The van der Waals surface area contributed by atoms with Crippen LogP contribution in [0.2, 0.25) is 5.02 Å². The molecule has 2 aromatic rings. The zero-order chi connectivity index (χ0) is 24.1. The van der Waals surface area contributed by atoms with Gasteiger partial charge < -0.3 is 11.1 Å². The first-order valence-corrected chi connectivity index (χ1v) is 11.0. The van der Waals surface area contributed by atoms with Gasteiger partial charge in [0.1, 0.15) is 22.9 Å². The van der Waals surface area contributed by atoms with Crippen LogP contribution in [-0.4, -0.2) is 35.9 Å². The molecule has 1 aromatic carbocycles. The number of amidine groups is 1. The summed E-state index contributed by atoms with van der Waals surface area (Å²) >= 11 is 5.86. The molecule has 13 heteroatoms. The minimum atomic E-state index is -4.44. The Morgan fingerprint density at radius 2 is 1.94 bits per heavy atom. The number of aromatic nitrogens is 1. The van der Waals surface area contributed by atoms with Gasteiger partial charge in [-0.15, -0.1) is 0 Å². The number of pyridine rings is 1. The molecule has 0 saturated carbocycles. The standard InChI is InChI=1S/C19H17ClF4N4O3S/c1-18(8-32(30,31)19(2,24)17(25)28-18)11-6-10(3-4-13(11)21)27-16(29)14-12(20)5-9(7-26-14)15(22)23/h3-7,15H,8H2,1-2H3,(H2,25,28)(H,27,29)/t18-,19+/m0/s1. The van der Waals surface area contributed by atoms with Crippen molar-refractivity contribution in [1.82, 2.24) is 4.98 Å². The summed E-state index contributed by atoms with van der Waals surface area (Å²) in [5, 5.41) is -0.851. The Hall–Kier alpha value is -2.73. The third-order valence-electron chi connectivity index (χ3n) is 5.01. The molecule has 0 radical (unpaired) electrons. The lowest BCUT2D eigenvalue weighted by Crippen LogP contribution is -2.54. The minimum Gasteiger partial charge on any atom is -0.384 e. The van der Waals surface area contributed by atoms with Crippen molar-refractivity contribution in [3.05, 3.63) is 58.1 Å². The molecule has 0 saturated heterocycles. The molecule has 2 heterocycles. The lowest BCUT2D eigenvalue weighted by Gasteiger charge is -2.35. The highest BCUT2D eigenvalue weighted by molar-refractivity contribution is 7.93. The highest BCUT2D eigenvalue weighted by Crippen LogP contribution is 2.39. The summed E-state index contributed by atoms with van der Waals surface area (Å²) in [6.07, 6.45) is -2.04. The maximum atomic E-state index is 14.6. The van der Waals surface area contributed by atoms with Gasteiger partial charge in [-0.25, -0.2) is 31.0 Å². The average Bonchev–Trinajstić information content (AvgIpc) is 2.67. The van der Waals surface area contributed by atoms with Gasteiger partial charge in [-0.05, 0) is 38.1 Å². The summed E-state index contributed by atoms with van der Waals surface area (Å²) in [5.74, 6) is -3.44. The van der Waals surface area contributed by atoms with E-state index < -0.39 is 55.7 Å². The number of halogens is 5. The summed E-state index contributed by atoms with van der Waals surface area (Å²) in [6, 6.07) is 4.13. The molecule has 0 spiro atoms. The lowest BCUT2D eigenvalue weighted by atomic mass is 9.93. The van der Waals surface area contributed by atoms with Crippen LogP contribution in [0, 0.1) is 5.82 Å². The van der Waals surface area contributed by atoms with Crippen molar-refractivity contribution in [2.75, 3.05) is 11.1 Å². The van der Waals surface area contributed by atoms with Crippen molar-refractivity contribution in [2.45, 2.75) is 30.8 Å². The number of amides is 1. The van der Waals surface area contributed by atoms with Crippen molar-refractivity contribution in [3.8, 4) is 0 Å². The predicted octanol–water partition coefficient (Wildman–Crippen LogP) is 3.75. The summed E-state index contributed by atoms with van der Waals surface area (Å²) in [5.41, 5.74) is 2.66. The predicted molar refractivity (Wildman–Crippen MR) is 111 cm³/mol. The van der Waals surface area contributed by atoms with Gasteiger partial charge in [0.05, 0.1) is 10.8 Å². The molecule has 7 nitrogen and oxygen atoms in total. The molecule has 0 fully saturated rings. The van der Waals surface area contributed by atoms with Crippen molar-refractivity contribution >= 4 is 38.9 Å². The number of nitrogens with one attached hydrogen (secondary N) is 1. The van der Waals surface area contributed by atoms with Crippen LogP contribution in [-0.2, 0) is 15.4 Å². The largest absolute Gasteiger partial charge is 0.384 e. The van der Waals surface area contributed by atoms with Gasteiger partial charge in [-0.2, -0.15) is 0 Å². The molecule has 1 amide bonds. The van der Waals surface area contributed by atoms with Crippen LogP contribution >= 0.6 is 11.6 Å². The number of hydrogen-bond acceptors (Lipinski definition) is 6. The Morgan fingerprint density at radius 3 is 2.50 bits per heavy atom. The SMILES string of the molecule is C[C@]1(F)C(N)=N[C@](C)(c2cc(NC(=O)c3ncc(C(F)F)cc3Cl)ccc2F)CS1(=O)=O. The first kappa shape index (κ1) is 23.9. The molecule has 0 unspecified atom stereocenters. The normalized spacial score (nSPS) is 24.8. The second kappa shape index (κ2) is 8.00. The number of anilines is 1. The van der Waals surface area contributed by atoms with Crippen molar-refractivity contribution in [3.63, 3.8) is 0 Å². The van der Waals surface area contributed by atoms with Gasteiger partial charge >= 0.3 is 0 Å². The molecule has 1 aliphatic rings. The third-order valence-corrected chi connectivity index (χ3v) is 7.62. The second-order valence-electron chi connectivity index (χ2n) is 7.50. The lowest BCUT2D eigenvalue weighted by molar-refractivity contribution is 0.102. The van der Waals surface area contributed by atoms with E-state index in [-0.39, 0.29) is 22.0 Å². The average molecular weight is 493 g/mol. The van der Waals surface area contributed by atoms with Gasteiger partial charge in [-0.3, -0.25) is 9.79 Å². The molecule has 2 atom stereocenters. The molecule has 0 aliphatic carbocycles. The fourth-order valence-electron chi connectivity index (χ4n) is 3.15. The van der Waals surface area contributed by atoms with Gasteiger partial charge in [0, 0.05) is 23.0 Å². The fourth-order valence-corrected chi connectivity index (χ4v) is 5.00. The highest BCUT2D eigenvalue weighted by atomic mass is 35.5. The number of sulfone groups is 1. The zero-order valence-corrected chi connectivity index (χ0v) is 18.2. The molecular formula is C19H17ClF4N4O3S. The van der Waals surface area contributed by atoms with E-state index in [1.807, 2.05) is 0 Å². The number of rotatable bonds is 4. The first-order valence-electron chi connectivity index (χ1n) is 9.00. The quantitative estimate of drug-likeness (QED) is 0.631. The molecule has 3 rings (SSSR count). The van der Waals surface area contributed by atoms with Crippen LogP contribution in [0.15, 0.2) is 35.5 Å². The van der Waals surface area contributed by atoms with Gasteiger partial charge in [0.15, 0.2) is 9.84 Å². The number of aliphatic imine (C=N–C) groups is 1. The van der Waals surface area contributed by atoms with Crippen LogP contribution in [0.1, 0.15) is 41.9 Å². The smallest absolute Gasteiger partial charge is 0.275 e. The van der Waals surface area contributed by atoms with Crippen LogP contribution in [0.25, 0.3) is 0 Å². The second-order valence-corrected chi connectivity index (χ2v) is 10.2. The topological polar surface area (TPSA) is 115 Å². The Kier molecular flexibility index (Phi) is 5.98. The van der Waals surface area contributed by atoms with E-state index in [0.29, 0.717) is 0 Å². The van der Waals surface area contributed by atoms with E-state index in [9.17, 15) is 30.8 Å². The maximum Gasteiger partial charge on any atom is 0.275 e. The van der Waals surface area contributed by atoms with E-state index >= 15 is 0 Å². The Balaban J connectivity index is 1.97. The van der Waals surface area contributed by atoms with Crippen molar-refractivity contribution < 1.29 is 30.8 Å². The molecule has 3 N–H and O–H groups in total. The van der Waals surface area contributed by atoms with E-state index in [2.05, 4.69) is 15.3 Å². The molecule has 1 aromatic heterocycles. The molecular weight excluding hydrogens is 476 g/mol. The Morgan fingerprint density at radius 1 is 1.28 bits per heavy atom. The molecule has 172 valence electrons. The minimum absolute atomic E-state index is 0.00295. The third kappa shape index (κ3) is 4.16. The van der Waals surface area contributed by atoms with Crippen LogP contribution < -0.4 is 11.1 Å². The fraction of sp³-hybridized carbons (Fsp3) is 0.316. The monoisotopic (exact) mass is 492 g/mol. The summed E-state index contributed by atoms with van der Waals surface area (Å²) in [7, 11) is -4.44. The van der Waals surface area contributed by atoms with E-state index in [4.69, 9.17) is 17.3 Å². The molecule has 1 aliphatic heterocycles. The van der Waals surface area contributed by atoms with E-state index in [1.54, 1.807) is 0 Å². The maximum absolute atomic E-state index is 14.6. The summed E-state index contributed by atoms with van der Waals surface area (Å²) in [4.78, 5) is 20.0. The van der Waals surface area contributed by atoms with Crippen LogP contribution in [0.5, 0.6) is 0 Å². The van der Waals surface area contributed by atoms with Crippen molar-refractivity contribution in [1.29, 1.82) is 0 Å². The Labute approximate surface area is 185 Å². The van der Waals surface area contributed by atoms with E-state index in [0.717, 1.165) is 31.3 Å². The highest BCUT2D eigenvalue weighted by Gasteiger charge is 2.53. The van der Waals surface area contributed by atoms with Gasteiger partial charge in [-0.1, -0.05) is 11.6 Å². The number of carbonyl (C=O) groups excluding carboxylic acids is 1. The number of nitrogens with two attached hydrogens (primary N) is 1. The Bertz CT molecular complexity index is 1240. The molecule has 32 heavy (non-hydrogen) atoms. The van der Waals surface area contributed by atoms with Gasteiger partial charge in [0.25, 0.3) is 17.3 Å². The number of alkyl halides is 3. The number of benzene rings is 1. The first-order chi connectivity index (χ1) is 14.7. The van der Waals surface area contributed by atoms with Crippen LogP contribution in [0.3, 0.4) is 0 Å². The number of carbonyl (C=O) groups is 1. The van der Waals surface area contributed by atoms with E-state index in [1.165, 1.54) is 13.0 Å². The molecule has 0 bridgehead atoms. The summed E-state index contributed by atoms with van der Waals surface area (Å²) in [6.45, 7) is 2.02.